The van der Waals surface area contributed by atoms with Gasteiger partial charge in [-0.3, -0.25) is 24.6 Å². The van der Waals surface area contributed by atoms with Crippen LogP contribution in [0.4, 0.5) is 0 Å². The Balaban J connectivity index is 1.21. The van der Waals surface area contributed by atoms with E-state index in [0.717, 1.165) is 4.68 Å². The molecule has 1 aliphatic carbocycles. The molecular formula is C38H30N2O10. The number of ether oxygens (including phenoxy) is 5. The Morgan fingerprint density at radius 1 is 0.760 bits per heavy atom. The van der Waals surface area contributed by atoms with Gasteiger partial charge in [0.1, 0.15) is 17.1 Å². The number of carbonyl (C=O) groups excluding carboxylic acids is 2. The minimum Gasteiger partial charge on any atom is -0.493 e. The Morgan fingerprint density at radius 3 is 2.18 bits per heavy atom. The van der Waals surface area contributed by atoms with E-state index in [1.807, 2.05) is 0 Å². The first kappa shape index (κ1) is 32.0. The summed E-state index contributed by atoms with van der Waals surface area (Å²) >= 11 is 0. The molecule has 0 saturated heterocycles. The summed E-state index contributed by atoms with van der Waals surface area (Å²) in [6.07, 6.45) is 0. The number of aryl methyl sites for hydroxylation is 1. The SMILES string of the molecule is COc1ccc(-c2c(C)oc3cc(OCC(=O)Nn4c5c(c6ccc(OC)c(OC)c6c4=O)C(=O)c4ccccc4-5)ccc3c2=O)cc1OC. The third-order valence-corrected chi connectivity index (χ3v) is 8.66. The third kappa shape index (κ3) is 5.00. The molecule has 50 heavy (non-hydrogen) atoms. The van der Waals surface area contributed by atoms with Crippen molar-refractivity contribution in [2.45, 2.75) is 6.92 Å². The van der Waals surface area contributed by atoms with Crippen molar-refractivity contribution in [3.8, 4) is 51.1 Å². The molecule has 2 aromatic heterocycles. The fraction of sp³-hybridized carbons (Fsp3) is 0.158. The van der Waals surface area contributed by atoms with Crippen LogP contribution < -0.4 is 40.1 Å². The lowest BCUT2D eigenvalue weighted by Crippen LogP contribution is -2.37. The number of nitrogens with one attached hydrogen (secondary N) is 1. The molecule has 0 saturated carbocycles. The molecule has 7 rings (SSSR count). The maximum absolute atomic E-state index is 14.1. The number of amides is 1. The monoisotopic (exact) mass is 674 g/mol. The molecule has 0 aliphatic heterocycles. The van der Waals surface area contributed by atoms with Crippen LogP contribution in [0.5, 0.6) is 28.7 Å². The average molecular weight is 675 g/mol. The van der Waals surface area contributed by atoms with Crippen LogP contribution in [-0.4, -0.2) is 51.4 Å². The highest BCUT2D eigenvalue weighted by Crippen LogP contribution is 2.43. The zero-order chi connectivity index (χ0) is 35.3. The fourth-order valence-corrected chi connectivity index (χ4v) is 6.42. The molecule has 12 heteroatoms. The van der Waals surface area contributed by atoms with Crippen LogP contribution in [0.15, 0.2) is 86.8 Å². The van der Waals surface area contributed by atoms with E-state index in [4.69, 9.17) is 28.1 Å². The number of pyridine rings is 1. The van der Waals surface area contributed by atoms with Gasteiger partial charge in [0.15, 0.2) is 35.4 Å². The smallest absolute Gasteiger partial charge is 0.281 e. The summed E-state index contributed by atoms with van der Waals surface area (Å²) in [6.45, 7) is 1.17. The van der Waals surface area contributed by atoms with Gasteiger partial charge >= 0.3 is 0 Å². The van der Waals surface area contributed by atoms with E-state index in [2.05, 4.69) is 5.43 Å². The fourth-order valence-electron chi connectivity index (χ4n) is 6.42. The van der Waals surface area contributed by atoms with Crippen molar-refractivity contribution in [3.63, 3.8) is 0 Å². The molecule has 0 atom stereocenters. The Morgan fingerprint density at radius 2 is 1.46 bits per heavy atom. The number of nitrogens with zero attached hydrogens (tertiary/aromatic N) is 1. The van der Waals surface area contributed by atoms with E-state index in [0.29, 0.717) is 50.3 Å². The second kappa shape index (κ2) is 12.5. The van der Waals surface area contributed by atoms with Crippen LogP contribution in [0.25, 0.3) is 44.1 Å². The second-order valence-corrected chi connectivity index (χ2v) is 11.4. The zero-order valence-electron chi connectivity index (χ0n) is 27.7. The second-order valence-electron chi connectivity index (χ2n) is 11.4. The van der Waals surface area contributed by atoms with Crippen LogP contribution in [0, 0.1) is 6.92 Å². The van der Waals surface area contributed by atoms with Crippen LogP contribution in [0.2, 0.25) is 0 Å². The minimum atomic E-state index is -0.686. The van der Waals surface area contributed by atoms with Crippen LogP contribution in [-0.2, 0) is 4.79 Å². The van der Waals surface area contributed by atoms with Gasteiger partial charge in [-0.05, 0) is 48.9 Å². The highest BCUT2D eigenvalue weighted by molar-refractivity contribution is 6.27. The van der Waals surface area contributed by atoms with Gasteiger partial charge < -0.3 is 28.1 Å². The summed E-state index contributed by atoms with van der Waals surface area (Å²) in [5.74, 6) is 1.05. The molecule has 1 aliphatic rings. The van der Waals surface area contributed by atoms with Crippen molar-refractivity contribution in [1.29, 1.82) is 0 Å². The van der Waals surface area contributed by atoms with Gasteiger partial charge in [-0.1, -0.05) is 30.3 Å². The summed E-state index contributed by atoms with van der Waals surface area (Å²) in [4.78, 5) is 54.7. The van der Waals surface area contributed by atoms with E-state index < -0.39 is 18.1 Å². The summed E-state index contributed by atoms with van der Waals surface area (Å²) in [5, 5.41) is 0.747. The molecule has 4 aromatic carbocycles. The van der Waals surface area contributed by atoms with E-state index in [1.165, 1.54) is 34.5 Å². The van der Waals surface area contributed by atoms with Crippen molar-refractivity contribution < 1.29 is 37.7 Å². The normalized spacial score (nSPS) is 11.7. The van der Waals surface area contributed by atoms with Gasteiger partial charge in [-0.2, -0.15) is 0 Å². The Labute approximate surface area is 284 Å². The molecule has 0 fully saturated rings. The predicted molar refractivity (Wildman–Crippen MR) is 186 cm³/mol. The molecule has 252 valence electrons. The van der Waals surface area contributed by atoms with E-state index >= 15 is 0 Å². The summed E-state index contributed by atoms with van der Waals surface area (Å²) in [7, 11) is 5.87. The predicted octanol–water partition coefficient (Wildman–Crippen LogP) is 5.48. The zero-order valence-corrected chi connectivity index (χ0v) is 27.7. The number of hydrogen-bond donors (Lipinski definition) is 1. The molecule has 0 spiro atoms. The first-order valence-electron chi connectivity index (χ1n) is 15.4. The highest BCUT2D eigenvalue weighted by Gasteiger charge is 2.34. The van der Waals surface area contributed by atoms with Crippen molar-refractivity contribution in [1.82, 2.24) is 4.68 Å². The number of fused-ring (bicyclic) bond motifs is 6. The van der Waals surface area contributed by atoms with E-state index in [9.17, 15) is 19.2 Å². The number of benzene rings is 4. The van der Waals surface area contributed by atoms with Crippen molar-refractivity contribution in [3.05, 3.63) is 110 Å². The van der Waals surface area contributed by atoms with Crippen molar-refractivity contribution >= 4 is 33.4 Å². The quantitative estimate of drug-likeness (QED) is 0.209. The Kier molecular flexibility index (Phi) is 7.99. The number of rotatable bonds is 9. The van der Waals surface area contributed by atoms with Crippen LogP contribution >= 0.6 is 0 Å². The molecule has 0 unspecified atom stereocenters. The summed E-state index contributed by atoms with van der Waals surface area (Å²) in [5.41, 5.74) is 4.35. The lowest BCUT2D eigenvalue weighted by molar-refractivity contribution is -0.119. The molecule has 6 aromatic rings. The van der Waals surface area contributed by atoms with E-state index in [-0.39, 0.29) is 50.7 Å². The third-order valence-electron chi connectivity index (χ3n) is 8.66. The van der Waals surface area contributed by atoms with Crippen LogP contribution in [0.3, 0.4) is 0 Å². The minimum absolute atomic E-state index is 0.0698. The summed E-state index contributed by atoms with van der Waals surface area (Å²) in [6, 6.07) is 19.9. The molecule has 0 radical (unpaired) electrons. The van der Waals surface area contributed by atoms with Gasteiger partial charge in [-0.25, -0.2) is 4.68 Å². The van der Waals surface area contributed by atoms with Gasteiger partial charge in [-0.15, -0.1) is 0 Å². The van der Waals surface area contributed by atoms with Gasteiger partial charge in [0.2, 0.25) is 5.43 Å². The largest absolute Gasteiger partial charge is 0.493 e. The average Bonchev–Trinajstić information content (AvgIpc) is 3.43. The van der Waals surface area contributed by atoms with Crippen molar-refractivity contribution in [2.75, 3.05) is 40.5 Å². The molecule has 12 nitrogen and oxygen atoms in total. The number of hydrogen-bond acceptors (Lipinski definition) is 10. The lowest BCUT2D eigenvalue weighted by Gasteiger charge is -2.18. The molecule has 1 N–H and O–H groups in total. The lowest BCUT2D eigenvalue weighted by atomic mass is 10.0. The first-order valence-corrected chi connectivity index (χ1v) is 15.4. The molecule has 2 heterocycles. The molecule has 1 amide bonds. The Bertz CT molecular complexity index is 2510. The number of methoxy groups -OCH3 is 4. The number of aromatic nitrogens is 1. The van der Waals surface area contributed by atoms with Crippen molar-refractivity contribution in [2.24, 2.45) is 0 Å². The first-order chi connectivity index (χ1) is 24.2. The maximum atomic E-state index is 14.1. The van der Waals surface area contributed by atoms with Gasteiger partial charge in [0, 0.05) is 22.6 Å². The standard InChI is InChI=1S/C38H30N2O10/c1-19-31(20-10-14-26(45-2)29(16-20)47-4)36(43)24-12-11-21(17-28(24)50-19)49-18-30(41)39-40-34-22-8-6-7-9-23(22)35(42)32(34)25-13-15-27(46-3)37(48-5)33(25)38(40)44/h6-17H,18H2,1-5H3,(H,39,41). The molecule has 0 bridgehead atoms. The highest BCUT2D eigenvalue weighted by atomic mass is 16.5. The molecular weight excluding hydrogens is 644 g/mol. The van der Waals surface area contributed by atoms with Crippen LogP contribution in [0.1, 0.15) is 21.7 Å². The van der Waals surface area contributed by atoms with Gasteiger partial charge in [0.25, 0.3) is 11.5 Å². The summed E-state index contributed by atoms with van der Waals surface area (Å²) < 4.78 is 34.5. The van der Waals surface area contributed by atoms with E-state index in [1.54, 1.807) is 73.7 Å². The topological polar surface area (TPSA) is 145 Å². The van der Waals surface area contributed by atoms with Gasteiger partial charge in [0.05, 0.1) is 56.0 Å². The number of carbonyl (C=O) groups is 2. The maximum Gasteiger partial charge on any atom is 0.281 e. The number of ketones is 1. The Hall–Kier alpha value is -6.56.